The van der Waals surface area contributed by atoms with E-state index in [1.807, 2.05) is 0 Å². The average molecular weight is 397 g/mol. The number of halogens is 3. The van der Waals surface area contributed by atoms with Crippen LogP contribution in [-0.4, -0.2) is 37.7 Å². The van der Waals surface area contributed by atoms with Crippen molar-refractivity contribution in [3.05, 3.63) is 40.2 Å². The smallest absolute Gasteiger partial charge is 0.339 e. The molecule has 0 radical (unpaired) electrons. The molecule has 0 atom stereocenters. The fraction of sp³-hybridized carbons (Fsp3) is 0.667. The van der Waals surface area contributed by atoms with Crippen LogP contribution in [0.15, 0.2) is 21.7 Å². The molecule has 1 aliphatic carbocycles. The monoisotopic (exact) mass is 397 g/mol. The van der Waals surface area contributed by atoms with Crippen molar-refractivity contribution in [1.29, 1.82) is 0 Å². The highest BCUT2D eigenvalue weighted by molar-refractivity contribution is 5.04. The lowest BCUT2D eigenvalue weighted by Gasteiger charge is -2.31. The van der Waals surface area contributed by atoms with Crippen LogP contribution in [0.1, 0.15) is 55.4 Å². The number of hydrogen-bond donors (Lipinski definition) is 0. The van der Waals surface area contributed by atoms with Crippen molar-refractivity contribution in [2.24, 2.45) is 5.92 Å². The van der Waals surface area contributed by atoms with E-state index in [-0.39, 0.29) is 5.92 Å². The highest BCUT2D eigenvalue weighted by Gasteiger charge is 2.33. The molecule has 28 heavy (non-hydrogen) atoms. The van der Waals surface area contributed by atoms with Gasteiger partial charge in [-0.25, -0.2) is 4.98 Å². The van der Waals surface area contributed by atoms with Crippen molar-refractivity contribution >= 4 is 0 Å². The second-order valence-electron chi connectivity index (χ2n) is 7.66. The highest BCUT2D eigenvalue weighted by atomic mass is 19.4. The van der Waals surface area contributed by atoms with E-state index in [1.165, 1.54) is 11.0 Å². The molecule has 2 fully saturated rings. The predicted octanol–water partition coefficient (Wildman–Crippen LogP) is 2.82. The zero-order chi connectivity index (χ0) is 19.7. The number of nitrogens with zero attached hydrogens (tertiary/aromatic N) is 5. The van der Waals surface area contributed by atoms with Crippen LogP contribution in [0.3, 0.4) is 0 Å². The Morgan fingerprint density at radius 3 is 2.54 bits per heavy atom. The summed E-state index contributed by atoms with van der Waals surface area (Å²) in [6.45, 7) is 2.65. The van der Waals surface area contributed by atoms with Gasteiger partial charge in [0.25, 0.3) is 5.56 Å². The van der Waals surface area contributed by atoms with Gasteiger partial charge in [0.1, 0.15) is 0 Å². The van der Waals surface area contributed by atoms with E-state index in [2.05, 4.69) is 20.0 Å². The summed E-state index contributed by atoms with van der Waals surface area (Å²) in [4.78, 5) is 22.0. The molecular weight excluding hydrogens is 375 g/mol. The van der Waals surface area contributed by atoms with Crippen LogP contribution in [0.25, 0.3) is 0 Å². The Morgan fingerprint density at radius 1 is 1.18 bits per heavy atom. The molecule has 0 aromatic carbocycles. The minimum atomic E-state index is -4.60. The summed E-state index contributed by atoms with van der Waals surface area (Å²) in [5.74, 6) is 2.08. The lowest BCUT2D eigenvalue weighted by atomic mass is 9.85. The van der Waals surface area contributed by atoms with E-state index >= 15 is 0 Å². The summed E-state index contributed by atoms with van der Waals surface area (Å²) in [5.41, 5.74) is -1.81. The van der Waals surface area contributed by atoms with Gasteiger partial charge in [-0.3, -0.25) is 14.3 Å². The van der Waals surface area contributed by atoms with Gasteiger partial charge in [-0.2, -0.15) is 18.2 Å². The molecule has 0 N–H and O–H groups in total. The first-order valence-electron chi connectivity index (χ1n) is 9.57. The van der Waals surface area contributed by atoms with E-state index in [4.69, 9.17) is 4.52 Å². The standard InChI is InChI=1S/C18H22F3N5O2/c19-18(20,21)14-8-16(27)26(11-22-14)9-12-4-6-25(7-5-12)10-15-23-17(28-24-15)13-2-1-3-13/h8,11-13H,1-7,9-10H2. The molecule has 1 saturated carbocycles. The van der Waals surface area contributed by atoms with Gasteiger partial charge < -0.3 is 4.52 Å². The van der Waals surface area contributed by atoms with Crippen LogP contribution >= 0.6 is 0 Å². The molecule has 7 nitrogen and oxygen atoms in total. The molecule has 152 valence electrons. The van der Waals surface area contributed by atoms with Crippen LogP contribution in [0.2, 0.25) is 0 Å². The van der Waals surface area contributed by atoms with Gasteiger partial charge in [-0.15, -0.1) is 0 Å². The number of piperidine rings is 1. The zero-order valence-electron chi connectivity index (χ0n) is 15.4. The van der Waals surface area contributed by atoms with Crippen LogP contribution in [0.4, 0.5) is 13.2 Å². The molecule has 1 aliphatic heterocycles. The van der Waals surface area contributed by atoms with E-state index in [1.54, 1.807) is 0 Å². The molecule has 2 aliphatic rings. The van der Waals surface area contributed by atoms with Gasteiger partial charge in [-0.1, -0.05) is 11.6 Å². The van der Waals surface area contributed by atoms with E-state index in [9.17, 15) is 18.0 Å². The van der Waals surface area contributed by atoms with Crippen LogP contribution in [0.5, 0.6) is 0 Å². The molecule has 0 spiro atoms. The van der Waals surface area contributed by atoms with Gasteiger partial charge in [-0.05, 0) is 44.7 Å². The van der Waals surface area contributed by atoms with Gasteiger partial charge in [0.2, 0.25) is 5.89 Å². The largest absolute Gasteiger partial charge is 0.433 e. The topological polar surface area (TPSA) is 77.0 Å². The van der Waals surface area contributed by atoms with E-state index < -0.39 is 17.4 Å². The Balaban J connectivity index is 1.28. The number of alkyl halides is 3. The molecule has 0 amide bonds. The quantitative estimate of drug-likeness (QED) is 0.772. The predicted molar refractivity (Wildman–Crippen MR) is 92.4 cm³/mol. The Bertz CT molecular complexity index is 867. The van der Waals surface area contributed by atoms with Crippen LogP contribution in [-0.2, 0) is 19.3 Å². The zero-order valence-corrected chi connectivity index (χ0v) is 15.4. The second-order valence-corrected chi connectivity index (χ2v) is 7.66. The van der Waals surface area contributed by atoms with Gasteiger partial charge in [0, 0.05) is 18.5 Å². The Hall–Kier alpha value is -2.23. The molecule has 3 heterocycles. The summed E-state index contributed by atoms with van der Waals surface area (Å²) < 4.78 is 44.5. The summed E-state index contributed by atoms with van der Waals surface area (Å²) >= 11 is 0. The van der Waals surface area contributed by atoms with Crippen molar-refractivity contribution in [2.75, 3.05) is 13.1 Å². The molecule has 2 aromatic heterocycles. The van der Waals surface area contributed by atoms with E-state index in [0.717, 1.165) is 51.0 Å². The first kappa shape index (κ1) is 19.1. The van der Waals surface area contributed by atoms with Crippen LogP contribution < -0.4 is 5.56 Å². The SMILES string of the molecule is O=c1cc(C(F)(F)F)ncn1CC1CCN(Cc2noc(C3CCC3)n2)CC1. The summed E-state index contributed by atoms with van der Waals surface area (Å²) in [7, 11) is 0. The highest BCUT2D eigenvalue weighted by Crippen LogP contribution is 2.35. The molecule has 0 bridgehead atoms. The van der Waals surface area contributed by atoms with Crippen molar-refractivity contribution in [3.63, 3.8) is 0 Å². The lowest BCUT2D eigenvalue weighted by molar-refractivity contribution is -0.141. The minimum Gasteiger partial charge on any atom is -0.339 e. The first-order chi connectivity index (χ1) is 13.4. The maximum Gasteiger partial charge on any atom is 0.433 e. The van der Waals surface area contributed by atoms with Gasteiger partial charge in [0.15, 0.2) is 11.5 Å². The molecule has 10 heteroatoms. The number of aromatic nitrogens is 4. The van der Waals surface area contributed by atoms with Crippen LogP contribution in [0, 0.1) is 5.92 Å². The summed E-state index contributed by atoms with van der Waals surface area (Å²) in [5, 5.41) is 4.07. The molecule has 0 unspecified atom stereocenters. The number of hydrogen-bond acceptors (Lipinski definition) is 6. The number of rotatable bonds is 5. The maximum absolute atomic E-state index is 12.6. The molecule has 2 aromatic rings. The van der Waals surface area contributed by atoms with Crippen molar-refractivity contribution in [3.8, 4) is 0 Å². The lowest BCUT2D eigenvalue weighted by Crippen LogP contribution is -2.36. The molecular formula is C18H22F3N5O2. The Morgan fingerprint density at radius 2 is 1.93 bits per heavy atom. The van der Waals surface area contributed by atoms with Crippen molar-refractivity contribution in [1.82, 2.24) is 24.6 Å². The third kappa shape index (κ3) is 4.26. The normalized spacial score (nSPS) is 19.7. The average Bonchev–Trinajstić information content (AvgIpc) is 3.03. The first-order valence-corrected chi connectivity index (χ1v) is 9.57. The maximum atomic E-state index is 12.6. The van der Waals surface area contributed by atoms with Crippen molar-refractivity contribution < 1.29 is 17.7 Å². The fourth-order valence-electron chi connectivity index (χ4n) is 3.68. The van der Waals surface area contributed by atoms with Gasteiger partial charge >= 0.3 is 6.18 Å². The second kappa shape index (κ2) is 7.65. The van der Waals surface area contributed by atoms with Crippen molar-refractivity contribution in [2.45, 2.75) is 57.3 Å². The Kier molecular flexibility index (Phi) is 5.22. The summed E-state index contributed by atoms with van der Waals surface area (Å²) in [6.07, 6.45) is 1.54. The molecule has 4 rings (SSSR count). The third-order valence-electron chi connectivity index (χ3n) is 5.64. The molecule has 1 saturated heterocycles. The fourth-order valence-corrected chi connectivity index (χ4v) is 3.68. The van der Waals surface area contributed by atoms with E-state index in [0.29, 0.717) is 30.9 Å². The van der Waals surface area contributed by atoms with Gasteiger partial charge in [0.05, 0.1) is 12.9 Å². The Labute approximate surface area is 159 Å². The number of likely N-dealkylation sites (tertiary alicyclic amines) is 1. The minimum absolute atomic E-state index is 0.225. The third-order valence-corrected chi connectivity index (χ3v) is 5.64. The summed E-state index contributed by atoms with van der Waals surface area (Å²) in [6, 6.07) is 0.561.